The number of carbonyl (C=O) groups is 2. The lowest BCUT2D eigenvalue weighted by Crippen LogP contribution is -2.62. The van der Waals surface area contributed by atoms with Crippen LogP contribution >= 0.6 is 0 Å². The van der Waals surface area contributed by atoms with Crippen molar-refractivity contribution in [2.75, 3.05) is 6.61 Å². The molecule has 6 heteroatoms. The molecule has 0 aliphatic heterocycles. The van der Waals surface area contributed by atoms with Gasteiger partial charge in [-0.1, -0.05) is 19.9 Å². The number of ketones is 1. The molecular formula is C22H30O6. The van der Waals surface area contributed by atoms with Crippen molar-refractivity contribution in [2.24, 2.45) is 28.6 Å². The fourth-order valence-corrected chi connectivity index (χ4v) is 6.97. The van der Waals surface area contributed by atoms with Crippen LogP contribution in [0.25, 0.3) is 0 Å². The Labute approximate surface area is 165 Å². The average Bonchev–Trinajstić information content (AvgIpc) is 2.89. The van der Waals surface area contributed by atoms with E-state index < -0.39 is 34.6 Å². The van der Waals surface area contributed by atoms with Gasteiger partial charge in [-0.15, -0.1) is 0 Å². The summed E-state index contributed by atoms with van der Waals surface area (Å²) < 4.78 is 5.18. The molecule has 28 heavy (non-hydrogen) atoms. The lowest BCUT2D eigenvalue weighted by molar-refractivity contribution is -0.199. The third-order valence-corrected chi connectivity index (χ3v) is 8.28. The average molecular weight is 390 g/mol. The second-order valence-electron chi connectivity index (χ2n) is 9.47. The molecule has 4 aliphatic carbocycles. The summed E-state index contributed by atoms with van der Waals surface area (Å²) in [6, 6.07) is 0. The number of ether oxygens (including phenoxy) is 1. The first kappa shape index (κ1) is 19.8. The van der Waals surface area contributed by atoms with Crippen LogP contribution in [0.2, 0.25) is 0 Å². The van der Waals surface area contributed by atoms with E-state index in [1.807, 2.05) is 19.9 Å². The van der Waals surface area contributed by atoms with E-state index in [1.54, 1.807) is 6.92 Å². The lowest BCUT2D eigenvalue weighted by atomic mass is 9.46. The summed E-state index contributed by atoms with van der Waals surface area (Å²) in [5.41, 5.74) is -2.38. The standard InChI is InChI=1S/C22H30O6/c1-4-28-19(26)22(27)8-6-14-13-10-16(24)15-9-12(23)5-7-20(15,2)18(13)17(25)11-21(14,22)3/h5,7,9,13-14,16-18,24-25,27H,4,6,8,10-11H2,1-3H3/t13-,14-,16-,17-,18+,20-,21-,22-/m0/s1. The molecule has 0 spiro atoms. The van der Waals surface area contributed by atoms with E-state index in [-0.39, 0.29) is 36.6 Å². The molecule has 8 atom stereocenters. The highest BCUT2D eigenvalue weighted by Gasteiger charge is 2.69. The summed E-state index contributed by atoms with van der Waals surface area (Å²) in [5, 5.41) is 33.4. The Kier molecular flexibility index (Phi) is 4.42. The minimum atomic E-state index is -1.63. The van der Waals surface area contributed by atoms with E-state index in [0.29, 0.717) is 24.8 Å². The maximum Gasteiger partial charge on any atom is 0.338 e. The van der Waals surface area contributed by atoms with Crippen LogP contribution in [0.3, 0.4) is 0 Å². The van der Waals surface area contributed by atoms with Crippen LogP contribution < -0.4 is 0 Å². The number of esters is 1. The Balaban J connectivity index is 1.75. The van der Waals surface area contributed by atoms with Gasteiger partial charge < -0.3 is 20.1 Å². The Morgan fingerprint density at radius 2 is 2.04 bits per heavy atom. The molecular weight excluding hydrogens is 360 g/mol. The summed E-state index contributed by atoms with van der Waals surface area (Å²) in [5.74, 6) is -1.01. The number of rotatable bonds is 2. The largest absolute Gasteiger partial charge is 0.464 e. The fourth-order valence-electron chi connectivity index (χ4n) is 6.97. The minimum Gasteiger partial charge on any atom is -0.464 e. The lowest BCUT2D eigenvalue weighted by Gasteiger charge is -2.60. The van der Waals surface area contributed by atoms with Crippen LogP contribution in [0, 0.1) is 28.6 Å². The van der Waals surface area contributed by atoms with Crippen molar-refractivity contribution in [2.45, 2.75) is 64.3 Å². The number of hydrogen-bond donors (Lipinski definition) is 3. The van der Waals surface area contributed by atoms with E-state index in [1.165, 1.54) is 12.2 Å². The third-order valence-electron chi connectivity index (χ3n) is 8.28. The minimum absolute atomic E-state index is 0.0191. The quantitative estimate of drug-likeness (QED) is 0.618. The fraction of sp³-hybridized carbons (Fsp3) is 0.727. The topological polar surface area (TPSA) is 104 Å². The molecule has 4 aliphatic rings. The summed E-state index contributed by atoms with van der Waals surface area (Å²) in [6.07, 6.45) is 4.96. The van der Waals surface area contributed by atoms with Crippen LogP contribution in [0.4, 0.5) is 0 Å². The van der Waals surface area contributed by atoms with Crippen molar-refractivity contribution in [3.05, 3.63) is 23.8 Å². The Morgan fingerprint density at radius 3 is 2.71 bits per heavy atom. The van der Waals surface area contributed by atoms with E-state index in [0.717, 1.165) is 0 Å². The predicted molar refractivity (Wildman–Crippen MR) is 101 cm³/mol. The Bertz CT molecular complexity index is 771. The van der Waals surface area contributed by atoms with E-state index in [4.69, 9.17) is 4.74 Å². The first-order chi connectivity index (χ1) is 13.1. The van der Waals surface area contributed by atoms with Gasteiger partial charge in [0.05, 0.1) is 18.8 Å². The van der Waals surface area contributed by atoms with Crippen LogP contribution in [0.15, 0.2) is 23.8 Å². The number of allylic oxidation sites excluding steroid dienone is 3. The van der Waals surface area contributed by atoms with Gasteiger partial charge in [-0.2, -0.15) is 0 Å². The van der Waals surface area contributed by atoms with Gasteiger partial charge in [0.1, 0.15) is 0 Å². The molecule has 6 nitrogen and oxygen atoms in total. The zero-order valence-electron chi connectivity index (χ0n) is 16.7. The van der Waals surface area contributed by atoms with Gasteiger partial charge in [0, 0.05) is 16.7 Å². The third kappa shape index (κ3) is 2.37. The van der Waals surface area contributed by atoms with Crippen LogP contribution in [-0.4, -0.2) is 51.5 Å². The molecule has 0 aromatic rings. The molecule has 3 saturated carbocycles. The van der Waals surface area contributed by atoms with Gasteiger partial charge in [0.25, 0.3) is 0 Å². The second-order valence-corrected chi connectivity index (χ2v) is 9.47. The number of fused-ring (bicyclic) bond motifs is 5. The van der Waals surface area contributed by atoms with Gasteiger partial charge in [0.2, 0.25) is 0 Å². The number of carbonyl (C=O) groups excluding carboxylic acids is 2. The molecule has 3 fully saturated rings. The highest BCUT2D eigenvalue weighted by Crippen LogP contribution is 2.67. The maximum atomic E-state index is 12.6. The van der Waals surface area contributed by atoms with Crippen molar-refractivity contribution in [1.82, 2.24) is 0 Å². The number of aliphatic hydroxyl groups is 3. The molecule has 0 heterocycles. The molecule has 0 saturated heterocycles. The Hall–Kier alpha value is -1.50. The SMILES string of the molecule is CCOC(=O)[C@@]1(O)CC[C@H]2[C@@H]3C[C@H](O)C4=CC(=O)C=C[C@]4(C)[C@H]3[C@@H](O)C[C@@]21C. The number of hydrogen-bond acceptors (Lipinski definition) is 6. The molecule has 3 N–H and O–H groups in total. The number of aliphatic hydroxyl groups excluding tert-OH is 2. The first-order valence-corrected chi connectivity index (χ1v) is 10.3. The molecule has 0 unspecified atom stereocenters. The molecule has 154 valence electrons. The van der Waals surface area contributed by atoms with Gasteiger partial charge >= 0.3 is 5.97 Å². The second kappa shape index (κ2) is 6.25. The molecule has 4 rings (SSSR count). The molecule has 0 radical (unpaired) electrons. The zero-order chi connectivity index (χ0) is 20.5. The summed E-state index contributed by atoms with van der Waals surface area (Å²) in [7, 11) is 0. The zero-order valence-corrected chi connectivity index (χ0v) is 16.7. The van der Waals surface area contributed by atoms with Gasteiger partial charge in [0.15, 0.2) is 11.4 Å². The van der Waals surface area contributed by atoms with Crippen molar-refractivity contribution in [3.8, 4) is 0 Å². The molecule has 0 amide bonds. The normalized spacial score (nSPS) is 49.7. The maximum absolute atomic E-state index is 12.6. The van der Waals surface area contributed by atoms with Gasteiger partial charge in [-0.05, 0) is 62.2 Å². The smallest absolute Gasteiger partial charge is 0.338 e. The van der Waals surface area contributed by atoms with E-state index >= 15 is 0 Å². The van der Waals surface area contributed by atoms with Gasteiger partial charge in [-0.3, -0.25) is 4.79 Å². The van der Waals surface area contributed by atoms with Crippen LogP contribution in [0.5, 0.6) is 0 Å². The van der Waals surface area contributed by atoms with Crippen molar-refractivity contribution < 1.29 is 29.6 Å². The highest BCUT2D eigenvalue weighted by molar-refractivity contribution is 6.01. The first-order valence-electron chi connectivity index (χ1n) is 10.3. The van der Waals surface area contributed by atoms with Crippen molar-refractivity contribution in [3.63, 3.8) is 0 Å². The van der Waals surface area contributed by atoms with E-state index in [9.17, 15) is 24.9 Å². The van der Waals surface area contributed by atoms with Crippen molar-refractivity contribution >= 4 is 11.8 Å². The summed E-state index contributed by atoms with van der Waals surface area (Å²) in [4.78, 5) is 24.5. The highest BCUT2D eigenvalue weighted by atomic mass is 16.5. The monoisotopic (exact) mass is 390 g/mol. The van der Waals surface area contributed by atoms with Crippen LogP contribution in [-0.2, 0) is 14.3 Å². The Morgan fingerprint density at radius 1 is 1.32 bits per heavy atom. The molecule has 0 aromatic heterocycles. The van der Waals surface area contributed by atoms with Crippen LogP contribution in [0.1, 0.15) is 46.5 Å². The molecule has 0 aromatic carbocycles. The summed E-state index contributed by atoms with van der Waals surface area (Å²) in [6.45, 7) is 5.76. The molecule has 0 bridgehead atoms. The van der Waals surface area contributed by atoms with Crippen molar-refractivity contribution in [1.29, 1.82) is 0 Å². The predicted octanol–water partition coefficient (Wildman–Crippen LogP) is 1.53. The van der Waals surface area contributed by atoms with E-state index in [2.05, 4.69) is 0 Å². The van der Waals surface area contributed by atoms with Gasteiger partial charge in [-0.25, -0.2) is 4.79 Å². The summed E-state index contributed by atoms with van der Waals surface area (Å²) >= 11 is 0.